The minimum atomic E-state index is -1.01. The van der Waals surface area contributed by atoms with Crippen LogP contribution in [-0.4, -0.2) is 35.5 Å². The number of hydrogen-bond donors (Lipinski definition) is 2. The van der Waals surface area contributed by atoms with Gasteiger partial charge in [-0.2, -0.15) is 0 Å². The Balaban J connectivity index is 1.62. The van der Waals surface area contributed by atoms with Gasteiger partial charge in [-0.1, -0.05) is 47.1 Å². The minimum Gasteiger partial charge on any atom is -0.490 e. The first-order chi connectivity index (χ1) is 18.7. The van der Waals surface area contributed by atoms with Crippen LogP contribution in [0.5, 0.6) is 11.5 Å². The third kappa shape index (κ3) is 6.18. The smallest absolute Gasteiger partial charge is 0.335 e. The molecule has 10 heteroatoms. The van der Waals surface area contributed by atoms with Crippen LogP contribution in [0.25, 0.3) is 6.08 Å². The van der Waals surface area contributed by atoms with Crippen molar-refractivity contribution in [2.45, 2.75) is 26.9 Å². The molecule has 4 amide bonds. The number of halogens is 1. The van der Waals surface area contributed by atoms with E-state index >= 15 is 0 Å². The highest BCUT2D eigenvalue weighted by Gasteiger charge is 2.37. The predicted molar refractivity (Wildman–Crippen MR) is 148 cm³/mol. The van der Waals surface area contributed by atoms with Crippen LogP contribution in [0, 0.1) is 0 Å². The standard InChI is InChI=1S/C29H25BrN2O7/c1-3-17-7-11-21(12-8-17)32-27(34)22(26(33)31-29(32)37)13-20-14-24(38-4-2)25(15-23(20)30)39-16-18-5-9-19(10-6-18)28(35)36/h5-15H,3-4,16H2,1-2H3,(H,35,36)(H,31,33,37)/b22-13-. The summed E-state index contributed by atoms with van der Waals surface area (Å²) >= 11 is 3.47. The molecule has 9 nitrogen and oxygen atoms in total. The van der Waals surface area contributed by atoms with E-state index in [-0.39, 0.29) is 17.7 Å². The maximum absolute atomic E-state index is 13.3. The topological polar surface area (TPSA) is 122 Å². The molecule has 1 fully saturated rings. The van der Waals surface area contributed by atoms with E-state index in [1.165, 1.54) is 18.2 Å². The molecule has 0 aromatic heterocycles. The Morgan fingerprint density at radius 3 is 2.21 bits per heavy atom. The van der Waals surface area contributed by atoms with E-state index in [4.69, 9.17) is 14.6 Å². The number of benzene rings is 3. The number of aromatic carboxylic acids is 1. The molecule has 0 saturated carbocycles. The molecule has 4 rings (SSSR count). The maximum Gasteiger partial charge on any atom is 0.335 e. The Kier molecular flexibility index (Phi) is 8.46. The number of carboxylic acids is 1. The molecule has 0 bridgehead atoms. The van der Waals surface area contributed by atoms with Gasteiger partial charge in [-0.25, -0.2) is 14.5 Å². The molecule has 2 N–H and O–H groups in total. The molecule has 1 saturated heterocycles. The predicted octanol–water partition coefficient (Wildman–Crippen LogP) is 5.35. The summed E-state index contributed by atoms with van der Waals surface area (Å²) in [4.78, 5) is 50.5. The molecule has 1 aliphatic heterocycles. The second-order valence-electron chi connectivity index (χ2n) is 8.52. The zero-order chi connectivity index (χ0) is 28.1. The van der Waals surface area contributed by atoms with Crippen LogP contribution < -0.4 is 19.7 Å². The lowest BCUT2D eigenvalue weighted by atomic mass is 10.1. The van der Waals surface area contributed by atoms with E-state index in [0.717, 1.165) is 22.4 Å². The third-order valence-corrected chi connectivity index (χ3v) is 6.65. The fourth-order valence-electron chi connectivity index (χ4n) is 3.88. The number of anilines is 1. The van der Waals surface area contributed by atoms with Crippen LogP contribution in [0.1, 0.15) is 40.9 Å². The fraction of sp³-hybridized carbons (Fsp3) is 0.172. The molecule has 0 aliphatic carbocycles. The first kappa shape index (κ1) is 27.6. The molecule has 0 unspecified atom stereocenters. The van der Waals surface area contributed by atoms with Gasteiger partial charge in [0, 0.05) is 4.47 Å². The zero-order valence-corrected chi connectivity index (χ0v) is 22.8. The van der Waals surface area contributed by atoms with Crippen molar-refractivity contribution in [3.05, 3.63) is 93.0 Å². The largest absolute Gasteiger partial charge is 0.490 e. The number of carbonyl (C=O) groups excluding carboxylic acids is 3. The number of rotatable bonds is 9. The molecular weight excluding hydrogens is 568 g/mol. The van der Waals surface area contributed by atoms with Gasteiger partial charge in [0.05, 0.1) is 17.9 Å². The van der Waals surface area contributed by atoms with E-state index < -0.39 is 23.8 Å². The normalized spacial score (nSPS) is 14.4. The van der Waals surface area contributed by atoms with Crippen LogP contribution in [0.4, 0.5) is 10.5 Å². The number of carbonyl (C=O) groups is 4. The number of imide groups is 2. The number of aryl methyl sites for hydroxylation is 1. The molecule has 39 heavy (non-hydrogen) atoms. The summed E-state index contributed by atoms with van der Waals surface area (Å²) < 4.78 is 12.2. The van der Waals surface area contributed by atoms with Crippen molar-refractivity contribution in [3.8, 4) is 11.5 Å². The number of carboxylic acid groups (broad SMARTS) is 1. The number of nitrogens with one attached hydrogen (secondary N) is 1. The van der Waals surface area contributed by atoms with Crippen LogP contribution in [-0.2, 0) is 22.6 Å². The highest BCUT2D eigenvalue weighted by atomic mass is 79.9. The molecule has 3 aromatic carbocycles. The Hall–Kier alpha value is -4.44. The molecule has 1 aliphatic rings. The fourth-order valence-corrected chi connectivity index (χ4v) is 4.31. The van der Waals surface area contributed by atoms with Gasteiger partial charge in [0.1, 0.15) is 12.2 Å². The van der Waals surface area contributed by atoms with E-state index in [1.54, 1.807) is 43.3 Å². The monoisotopic (exact) mass is 592 g/mol. The maximum atomic E-state index is 13.3. The first-order valence-corrected chi connectivity index (χ1v) is 12.9. The Morgan fingerprint density at radius 1 is 0.949 bits per heavy atom. The molecule has 0 atom stereocenters. The van der Waals surface area contributed by atoms with Gasteiger partial charge in [-0.15, -0.1) is 0 Å². The Bertz CT molecular complexity index is 1460. The first-order valence-electron chi connectivity index (χ1n) is 12.1. The molecular formula is C29H25BrN2O7. The summed E-state index contributed by atoms with van der Waals surface area (Å²) in [5, 5.41) is 11.3. The Morgan fingerprint density at radius 2 is 1.59 bits per heavy atom. The van der Waals surface area contributed by atoms with Gasteiger partial charge in [0.25, 0.3) is 11.8 Å². The molecule has 200 valence electrons. The Labute approximate surface area is 233 Å². The average Bonchev–Trinajstić information content (AvgIpc) is 2.92. The number of barbiturate groups is 1. The van der Waals surface area contributed by atoms with Crippen molar-refractivity contribution in [2.75, 3.05) is 11.5 Å². The van der Waals surface area contributed by atoms with E-state index in [0.29, 0.717) is 33.8 Å². The quantitative estimate of drug-likeness (QED) is 0.253. The van der Waals surface area contributed by atoms with Crippen molar-refractivity contribution < 1.29 is 33.8 Å². The van der Waals surface area contributed by atoms with Crippen LogP contribution in [0.3, 0.4) is 0 Å². The number of ether oxygens (including phenoxy) is 2. The summed E-state index contributed by atoms with van der Waals surface area (Å²) in [7, 11) is 0. The summed E-state index contributed by atoms with van der Waals surface area (Å²) in [6.45, 7) is 4.29. The van der Waals surface area contributed by atoms with Crippen LogP contribution in [0.15, 0.2) is 70.7 Å². The third-order valence-electron chi connectivity index (χ3n) is 5.96. The summed E-state index contributed by atoms with van der Waals surface area (Å²) in [6, 6.07) is 15.7. The zero-order valence-electron chi connectivity index (χ0n) is 21.2. The van der Waals surface area contributed by atoms with Crippen molar-refractivity contribution in [3.63, 3.8) is 0 Å². The minimum absolute atomic E-state index is 0.154. The summed E-state index contributed by atoms with van der Waals surface area (Å²) in [5.74, 6) is -1.78. The average molecular weight is 593 g/mol. The number of hydrogen-bond acceptors (Lipinski definition) is 6. The molecule has 3 aromatic rings. The van der Waals surface area contributed by atoms with Crippen LogP contribution in [0.2, 0.25) is 0 Å². The lowest BCUT2D eigenvalue weighted by Gasteiger charge is -2.26. The molecule has 0 spiro atoms. The number of amides is 4. The van der Waals surface area contributed by atoms with Gasteiger partial charge in [-0.05, 0) is 72.5 Å². The molecule has 1 heterocycles. The summed E-state index contributed by atoms with van der Waals surface area (Å²) in [6.07, 6.45) is 2.19. The highest BCUT2D eigenvalue weighted by Crippen LogP contribution is 2.36. The number of urea groups is 1. The lowest BCUT2D eigenvalue weighted by molar-refractivity contribution is -0.122. The van der Waals surface area contributed by atoms with Crippen molar-refractivity contribution in [1.29, 1.82) is 0 Å². The van der Waals surface area contributed by atoms with E-state index in [1.807, 2.05) is 19.1 Å². The van der Waals surface area contributed by atoms with Crippen molar-refractivity contribution in [1.82, 2.24) is 5.32 Å². The van der Waals surface area contributed by atoms with E-state index in [2.05, 4.69) is 21.2 Å². The van der Waals surface area contributed by atoms with Gasteiger partial charge in [0.2, 0.25) is 0 Å². The highest BCUT2D eigenvalue weighted by molar-refractivity contribution is 9.10. The van der Waals surface area contributed by atoms with Gasteiger partial charge >= 0.3 is 12.0 Å². The second kappa shape index (κ2) is 12.0. The second-order valence-corrected chi connectivity index (χ2v) is 9.38. The summed E-state index contributed by atoms with van der Waals surface area (Å²) in [5.41, 5.74) is 2.57. The van der Waals surface area contributed by atoms with Gasteiger partial charge in [-0.3, -0.25) is 14.9 Å². The van der Waals surface area contributed by atoms with Crippen molar-refractivity contribution >= 4 is 51.5 Å². The SMILES string of the molecule is CCOc1cc(/C=C2/C(=O)NC(=O)N(c3ccc(CC)cc3)C2=O)c(Br)cc1OCc1ccc(C(=O)O)cc1. The molecule has 0 radical (unpaired) electrons. The van der Waals surface area contributed by atoms with Crippen LogP contribution >= 0.6 is 15.9 Å². The van der Waals surface area contributed by atoms with E-state index in [9.17, 15) is 19.2 Å². The van der Waals surface area contributed by atoms with Gasteiger partial charge < -0.3 is 14.6 Å². The van der Waals surface area contributed by atoms with Gasteiger partial charge in [0.15, 0.2) is 11.5 Å². The van der Waals surface area contributed by atoms with Crippen molar-refractivity contribution in [2.24, 2.45) is 0 Å². The lowest BCUT2D eigenvalue weighted by Crippen LogP contribution is -2.54. The number of nitrogens with zero attached hydrogens (tertiary/aromatic N) is 1.